The lowest BCUT2D eigenvalue weighted by atomic mass is 9.95. The third kappa shape index (κ3) is 2.43. The lowest BCUT2D eigenvalue weighted by Gasteiger charge is -2.23. The minimum absolute atomic E-state index is 0.219. The predicted octanol–water partition coefficient (Wildman–Crippen LogP) is 3.07. The van der Waals surface area contributed by atoms with Gasteiger partial charge in [-0.1, -0.05) is 25.3 Å². The third-order valence-corrected chi connectivity index (χ3v) is 3.84. The monoisotopic (exact) mass is 271 g/mol. The van der Waals surface area contributed by atoms with E-state index in [9.17, 15) is 9.90 Å². The summed E-state index contributed by atoms with van der Waals surface area (Å²) in [6, 6.07) is 5.60. The van der Waals surface area contributed by atoms with Crippen LogP contribution in [0, 0.1) is 0 Å². The first-order valence-corrected chi connectivity index (χ1v) is 6.99. The molecule has 2 N–H and O–H groups in total. The van der Waals surface area contributed by atoms with Crippen molar-refractivity contribution in [3.05, 3.63) is 30.1 Å². The summed E-state index contributed by atoms with van der Waals surface area (Å²) in [4.78, 5) is 19.6. The molecule has 0 spiro atoms. The van der Waals surface area contributed by atoms with E-state index in [1.54, 1.807) is 12.1 Å². The second kappa shape index (κ2) is 5.45. The number of rotatable bonds is 3. The molecule has 0 atom stereocenters. The Labute approximate surface area is 117 Å². The highest BCUT2D eigenvalue weighted by atomic mass is 16.4. The second-order valence-electron chi connectivity index (χ2n) is 5.21. The average molecular weight is 271 g/mol. The fraction of sp³-hybridized carbons (Fsp3) is 0.400. The van der Waals surface area contributed by atoms with Gasteiger partial charge in [-0.15, -0.1) is 0 Å². The van der Waals surface area contributed by atoms with Crippen molar-refractivity contribution in [2.45, 2.75) is 38.1 Å². The van der Waals surface area contributed by atoms with Gasteiger partial charge in [0, 0.05) is 11.4 Å². The van der Waals surface area contributed by atoms with Crippen molar-refractivity contribution in [3.8, 4) is 0 Å². The highest BCUT2D eigenvalue weighted by Crippen LogP contribution is 2.26. The van der Waals surface area contributed by atoms with Crippen LogP contribution in [0.5, 0.6) is 0 Å². The Kier molecular flexibility index (Phi) is 3.50. The van der Waals surface area contributed by atoms with Gasteiger partial charge in [-0.05, 0) is 25.0 Å². The molecule has 0 saturated heterocycles. The molecule has 5 heteroatoms. The maximum absolute atomic E-state index is 11.2. The molecule has 1 fully saturated rings. The Bertz CT molecular complexity index is 636. The van der Waals surface area contributed by atoms with E-state index in [4.69, 9.17) is 0 Å². The molecule has 3 rings (SSSR count). The molecule has 1 heterocycles. The highest BCUT2D eigenvalue weighted by Gasteiger charge is 2.16. The minimum Gasteiger partial charge on any atom is -0.478 e. The van der Waals surface area contributed by atoms with E-state index in [0.29, 0.717) is 11.6 Å². The van der Waals surface area contributed by atoms with Gasteiger partial charge < -0.3 is 10.4 Å². The maximum Gasteiger partial charge on any atom is 0.337 e. The van der Waals surface area contributed by atoms with Gasteiger partial charge in [0.05, 0.1) is 11.1 Å². The van der Waals surface area contributed by atoms with Crippen LogP contribution >= 0.6 is 0 Å². The number of para-hydroxylation sites is 1. The Hall–Kier alpha value is -2.17. The van der Waals surface area contributed by atoms with E-state index in [1.165, 1.54) is 25.6 Å². The summed E-state index contributed by atoms with van der Waals surface area (Å²) in [5, 5.41) is 13.4. The molecule has 2 aromatic rings. The zero-order chi connectivity index (χ0) is 13.9. The Morgan fingerprint density at radius 3 is 2.75 bits per heavy atom. The number of aromatic nitrogens is 2. The molecular weight excluding hydrogens is 254 g/mol. The molecule has 5 nitrogen and oxygen atoms in total. The second-order valence-corrected chi connectivity index (χ2v) is 5.21. The van der Waals surface area contributed by atoms with Crippen molar-refractivity contribution >= 4 is 22.7 Å². The fourth-order valence-electron chi connectivity index (χ4n) is 2.82. The highest BCUT2D eigenvalue weighted by molar-refractivity contribution is 6.04. The molecule has 0 unspecified atom stereocenters. The van der Waals surface area contributed by atoms with Gasteiger partial charge in [0.25, 0.3) is 0 Å². The summed E-state index contributed by atoms with van der Waals surface area (Å²) in [7, 11) is 0. The number of benzene rings is 1. The molecule has 1 aliphatic rings. The first kappa shape index (κ1) is 12.8. The maximum atomic E-state index is 11.2. The minimum atomic E-state index is -0.960. The molecule has 1 aliphatic carbocycles. The summed E-state index contributed by atoms with van der Waals surface area (Å²) in [6.07, 6.45) is 7.49. The zero-order valence-electron chi connectivity index (χ0n) is 11.2. The molecule has 104 valence electrons. The average Bonchev–Trinajstić information content (AvgIpc) is 2.48. The van der Waals surface area contributed by atoms with Gasteiger partial charge in [-0.25, -0.2) is 14.8 Å². The molecule has 0 amide bonds. The van der Waals surface area contributed by atoms with Crippen molar-refractivity contribution in [2.24, 2.45) is 0 Å². The number of aromatic carboxylic acids is 1. The molecule has 1 saturated carbocycles. The van der Waals surface area contributed by atoms with Crippen LogP contribution in [-0.2, 0) is 0 Å². The summed E-state index contributed by atoms with van der Waals surface area (Å²) in [6.45, 7) is 0. The standard InChI is InChI=1S/C15H17N3O2/c19-15(20)12-8-4-7-11-13(12)16-9-17-14(11)18-10-5-2-1-3-6-10/h4,7-10H,1-3,5-6H2,(H,19,20)(H,16,17,18). The quantitative estimate of drug-likeness (QED) is 0.897. The van der Waals surface area contributed by atoms with Crippen LogP contribution in [0.4, 0.5) is 5.82 Å². The van der Waals surface area contributed by atoms with Crippen molar-refractivity contribution < 1.29 is 9.90 Å². The molecule has 0 radical (unpaired) electrons. The smallest absolute Gasteiger partial charge is 0.337 e. The predicted molar refractivity (Wildman–Crippen MR) is 77.0 cm³/mol. The number of hydrogen-bond acceptors (Lipinski definition) is 4. The molecule has 0 aliphatic heterocycles. The van der Waals surface area contributed by atoms with Crippen LogP contribution < -0.4 is 5.32 Å². The van der Waals surface area contributed by atoms with Crippen LogP contribution in [0.25, 0.3) is 10.9 Å². The van der Waals surface area contributed by atoms with Crippen LogP contribution in [0.3, 0.4) is 0 Å². The lowest BCUT2D eigenvalue weighted by Crippen LogP contribution is -2.23. The third-order valence-electron chi connectivity index (χ3n) is 3.84. The molecule has 1 aromatic carbocycles. The van der Waals surface area contributed by atoms with E-state index >= 15 is 0 Å². The number of fused-ring (bicyclic) bond motifs is 1. The number of nitrogens with zero attached hydrogens (tertiary/aromatic N) is 2. The van der Waals surface area contributed by atoms with Gasteiger partial charge in [0.1, 0.15) is 12.1 Å². The Morgan fingerprint density at radius 1 is 1.20 bits per heavy atom. The molecular formula is C15H17N3O2. The van der Waals surface area contributed by atoms with Crippen molar-refractivity contribution in [1.82, 2.24) is 9.97 Å². The largest absolute Gasteiger partial charge is 0.478 e. The van der Waals surface area contributed by atoms with E-state index in [1.807, 2.05) is 6.07 Å². The van der Waals surface area contributed by atoms with E-state index < -0.39 is 5.97 Å². The first-order valence-electron chi connectivity index (χ1n) is 6.99. The topological polar surface area (TPSA) is 75.1 Å². The number of carboxylic acids is 1. The molecule has 1 aromatic heterocycles. The number of carboxylic acid groups (broad SMARTS) is 1. The first-order chi connectivity index (χ1) is 9.75. The lowest BCUT2D eigenvalue weighted by molar-refractivity contribution is 0.0699. The number of carbonyl (C=O) groups is 1. The number of nitrogens with one attached hydrogen (secondary N) is 1. The summed E-state index contributed by atoms with van der Waals surface area (Å²) >= 11 is 0. The summed E-state index contributed by atoms with van der Waals surface area (Å²) in [5.41, 5.74) is 0.713. The normalized spacial score (nSPS) is 16.2. The fourth-order valence-corrected chi connectivity index (χ4v) is 2.82. The van der Waals surface area contributed by atoms with Crippen molar-refractivity contribution in [2.75, 3.05) is 5.32 Å². The summed E-state index contributed by atoms with van der Waals surface area (Å²) in [5.74, 6) is -0.220. The van der Waals surface area contributed by atoms with Crippen LogP contribution in [0.1, 0.15) is 42.5 Å². The van der Waals surface area contributed by atoms with Gasteiger partial charge in [-0.3, -0.25) is 0 Å². The van der Waals surface area contributed by atoms with Crippen molar-refractivity contribution in [3.63, 3.8) is 0 Å². The molecule has 0 bridgehead atoms. The number of anilines is 1. The van der Waals surface area contributed by atoms with Crippen LogP contribution in [0.2, 0.25) is 0 Å². The summed E-state index contributed by atoms with van der Waals surface area (Å²) < 4.78 is 0. The SMILES string of the molecule is O=C(O)c1cccc2c(NC3CCCCC3)ncnc12. The van der Waals surface area contributed by atoms with Gasteiger partial charge >= 0.3 is 5.97 Å². The van der Waals surface area contributed by atoms with Gasteiger partial charge in [0.2, 0.25) is 0 Å². The van der Waals surface area contributed by atoms with E-state index in [0.717, 1.165) is 24.0 Å². The van der Waals surface area contributed by atoms with Gasteiger partial charge in [0.15, 0.2) is 0 Å². The number of hydrogen-bond donors (Lipinski definition) is 2. The zero-order valence-corrected chi connectivity index (χ0v) is 11.2. The Balaban J connectivity index is 1.98. The Morgan fingerprint density at radius 2 is 2.00 bits per heavy atom. The van der Waals surface area contributed by atoms with E-state index in [-0.39, 0.29) is 5.56 Å². The van der Waals surface area contributed by atoms with Gasteiger partial charge in [-0.2, -0.15) is 0 Å². The van der Waals surface area contributed by atoms with Crippen LogP contribution in [0.15, 0.2) is 24.5 Å². The molecule has 20 heavy (non-hydrogen) atoms. The van der Waals surface area contributed by atoms with Crippen LogP contribution in [-0.4, -0.2) is 27.1 Å². The van der Waals surface area contributed by atoms with E-state index in [2.05, 4.69) is 15.3 Å². The van der Waals surface area contributed by atoms with Crippen molar-refractivity contribution in [1.29, 1.82) is 0 Å².